The van der Waals surface area contributed by atoms with E-state index < -0.39 is 34.8 Å². The molecule has 1 aliphatic carbocycles. The third kappa shape index (κ3) is 1.09. The molecule has 4 nitrogen and oxygen atoms in total. The van der Waals surface area contributed by atoms with Crippen molar-refractivity contribution in [1.29, 1.82) is 0 Å². The summed E-state index contributed by atoms with van der Waals surface area (Å²) in [6.07, 6.45) is 0.131. The number of amides is 1. The predicted molar refractivity (Wildman–Crippen MR) is 52.4 cm³/mol. The fourth-order valence-electron chi connectivity index (χ4n) is 2.49. The second-order valence-corrected chi connectivity index (χ2v) is 4.33. The average molecular weight is 239 g/mol. The minimum absolute atomic E-state index is 0.131. The van der Waals surface area contributed by atoms with Crippen molar-refractivity contribution in [3.8, 4) is 0 Å². The topological polar surface area (TPSA) is 66.4 Å². The Morgan fingerprint density at radius 3 is 2.65 bits per heavy atom. The van der Waals surface area contributed by atoms with Crippen LogP contribution in [0.3, 0.4) is 0 Å². The fraction of sp³-hybridized carbons (Fsp3) is 0.273. The number of carboxylic acids is 1. The molecule has 6 heteroatoms. The molecule has 1 saturated carbocycles. The average Bonchev–Trinajstić information content (AvgIpc) is 2.94. The van der Waals surface area contributed by atoms with Crippen molar-refractivity contribution in [2.24, 2.45) is 5.92 Å². The quantitative estimate of drug-likeness (QED) is 0.775. The van der Waals surface area contributed by atoms with Gasteiger partial charge in [-0.25, -0.2) is 8.78 Å². The first kappa shape index (κ1) is 10.2. The first-order chi connectivity index (χ1) is 7.96. The molecule has 88 valence electrons. The van der Waals surface area contributed by atoms with Crippen molar-refractivity contribution in [1.82, 2.24) is 0 Å². The molecule has 0 aromatic heterocycles. The number of halogens is 2. The first-order valence-corrected chi connectivity index (χ1v) is 5.00. The summed E-state index contributed by atoms with van der Waals surface area (Å²) in [7, 11) is 0. The molecule has 0 radical (unpaired) electrons. The molecule has 0 bridgehead atoms. The van der Waals surface area contributed by atoms with Gasteiger partial charge in [0.05, 0.1) is 11.3 Å². The van der Waals surface area contributed by atoms with Gasteiger partial charge in [0.1, 0.15) is 0 Å². The smallest absolute Gasteiger partial charge is 0.307 e. The Morgan fingerprint density at radius 2 is 2.06 bits per heavy atom. The van der Waals surface area contributed by atoms with Crippen molar-refractivity contribution >= 4 is 17.6 Å². The molecule has 1 fully saturated rings. The Morgan fingerprint density at radius 1 is 1.41 bits per heavy atom. The summed E-state index contributed by atoms with van der Waals surface area (Å²) in [6.45, 7) is 0. The van der Waals surface area contributed by atoms with Crippen LogP contribution >= 0.6 is 0 Å². The van der Waals surface area contributed by atoms with Crippen LogP contribution < -0.4 is 5.32 Å². The van der Waals surface area contributed by atoms with Crippen LogP contribution in [0.1, 0.15) is 12.0 Å². The van der Waals surface area contributed by atoms with Crippen LogP contribution in [-0.2, 0) is 15.0 Å². The molecule has 1 aromatic rings. The van der Waals surface area contributed by atoms with Gasteiger partial charge in [0.25, 0.3) is 0 Å². The van der Waals surface area contributed by atoms with E-state index in [0.717, 1.165) is 12.1 Å². The second-order valence-electron chi connectivity index (χ2n) is 4.33. The van der Waals surface area contributed by atoms with Gasteiger partial charge in [-0.15, -0.1) is 0 Å². The number of aliphatic carboxylic acids is 1. The van der Waals surface area contributed by atoms with Gasteiger partial charge in [0.2, 0.25) is 5.91 Å². The minimum atomic E-state index is -1.20. The van der Waals surface area contributed by atoms with Crippen LogP contribution in [0.25, 0.3) is 0 Å². The Balaban J connectivity index is 2.16. The molecule has 17 heavy (non-hydrogen) atoms. The van der Waals surface area contributed by atoms with Crippen LogP contribution in [-0.4, -0.2) is 17.0 Å². The predicted octanol–water partition coefficient (Wildman–Crippen LogP) is 1.26. The maximum Gasteiger partial charge on any atom is 0.307 e. The lowest BCUT2D eigenvalue weighted by Gasteiger charge is -2.06. The summed E-state index contributed by atoms with van der Waals surface area (Å²) in [5.74, 6) is -4.58. The summed E-state index contributed by atoms with van der Waals surface area (Å²) in [6, 6.07) is 1.79. The van der Waals surface area contributed by atoms with Crippen molar-refractivity contribution < 1.29 is 23.5 Å². The lowest BCUT2D eigenvalue weighted by molar-refractivity contribution is -0.140. The molecule has 1 aliphatic heterocycles. The number of fused-ring (bicyclic) bond motifs is 2. The summed E-state index contributed by atoms with van der Waals surface area (Å²) in [5.41, 5.74) is -0.790. The number of hydrogen-bond donors (Lipinski definition) is 2. The van der Waals surface area contributed by atoms with E-state index in [0.29, 0.717) is 0 Å². The molecule has 3 rings (SSSR count). The molecule has 1 spiro atoms. The van der Waals surface area contributed by atoms with Gasteiger partial charge in [-0.3, -0.25) is 9.59 Å². The Labute approximate surface area is 94.2 Å². The maximum atomic E-state index is 13.1. The zero-order valence-electron chi connectivity index (χ0n) is 8.46. The molecular formula is C11H7F2NO3. The van der Waals surface area contributed by atoms with Gasteiger partial charge in [-0.05, 0) is 18.1 Å². The van der Waals surface area contributed by atoms with Crippen LogP contribution in [0.5, 0.6) is 0 Å². The van der Waals surface area contributed by atoms with Crippen molar-refractivity contribution in [3.05, 3.63) is 29.3 Å². The van der Waals surface area contributed by atoms with Crippen LogP contribution in [0, 0.1) is 17.6 Å². The summed E-state index contributed by atoms with van der Waals surface area (Å²) in [5, 5.41) is 11.3. The van der Waals surface area contributed by atoms with E-state index in [1.54, 1.807) is 0 Å². The van der Waals surface area contributed by atoms with Crippen molar-refractivity contribution in [2.75, 3.05) is 5.32 Å². The summed E-state index contributed by atoms with van der Waals surface area (Å²) in [4.78, 5) is 22.6. The van der Waals surface area contributed by atoms with Gasteiger partial charge >= 0.3 is 5.97 Å². The molecule has 2 N–H and O–H groups in total. The molecule has 1 heterocycles. The molecule has 2 aliphatic rings. The van der Waals surface area contributed by atoms with E-state index in [2.05, 4.69) is 5.32 Å². The minimum Gasteiger partial charge on any atom is -0.481 e. The van der Waals surface area contributed by atoms with Gasteiger partial charge in [-0.2, -0.15) is 0 Å². The zero-order chi connectivity index (χ0) is 12.4. The van der Waals surface area contributed by atoms with E-state index in [1.807, 2.05) is 0 Å². The monoisotopic (exact) mass is 239 g/mol. The van der Waals surface area contributed by atoms with Gasteiger partial charge in [-0.1, -0.05) is 0 Å². The number of anilines is 1. The lowest BCUT2D eigenvalue weighted by Crippen LogP contribution is -2.24. The highest BCUT2D eigenvalue weighted by Crippen LogP contribution is 2.60. The van der Waals surface area contributed by atoms with Gasteiger partial charge in [0, 0.05) is 11.8 Å². The number of carbonyl (C=O) groups excluding carboxylic acids is 1. The summed E-state index contributed by atoms with van der Waals surface area (Å²) >= 11 is 0. The molecule has 2 atom stereocenters. The number of rotatable bonds is 1. The van der Waals surface area contributed by atoms with E-state index in [4.69, 9.17) is 5.11 Å². The van der Waals surface area contributed by atoms with Crippen molar-refractivity contribution in [2.45, 2.75) is 11.8 Å². The molecular weight excluding hydrogens is 232 g/mol. The Bertz CT molecular complexity index is 572. The summed E-state index contributed by atoms with van der Waals surface area (Å²) < 4.78 is 26.1. The van der Waals surface area contributed by atoms with E-state index in [9.17, 15) is 18.4 Å². The van der Waals surface area contributed by atoms with E-state index in [1.165, 1.54) is 0 Å². The molecule has 0 saturated heterocycles. The van der Waals surface area contributed by atoms with Crippen molar-refractivity contribution in [3.63, 3.8) is 0 Å². The maximum absolute atomic E-state index is 13.1. The lowest BCUT2D eigenvalue weighted by atomic mass is 9.94. The highest BCUT2D eigenvalue weighted by Gasteiger charge is 2.68. The van der Waals surface area contributed by atoms with Gasteiger partial charge < -0.3 is 10.4 Å². The second kappa shape index (κ2) is 2.82. The number of carbonyl (C=O) groups is 2. The highest BCUT2D eigenvalue weighted by atomic mass is 19.2. The normalized spacial score (nSPS) is 29.1. The number of hydrogen-bond acceptors (Lipinski definition) is 2. The number of carboxylic acid groups (broad SMARTS) is 1. The first-order valence-electron chi connectivity index (χ1n) is 5.00. The van der Waals surface area contributed by atoms with E-state index >= 15 is 0 Å². The van der Waals surface area contributed by atoms with Crippen LogP contribution in [0.4, 0.5) is 14.5 Å². The van der Waals surface area contributed by atoms with Gasteiger partial charge in [0.15, 0.2) is 11.6 Å². The third-order valence-corrected chi connectivity index (χ3v) is 3.45. The SMILES string of the molecule is O=C(O)C1CC12C(=O)Nc1cc(F)c(F)cc12. The zero-order valence-corrected chi connectivity index (χ0v) is 8.46. The molecule has 1 amide bonds. The van der Waals surface area contributed by atoms with Crippen LogP contribution in [0.15, 0.2) is 12.1 Å². The number of benzene rings is 1. The largest absolute Gasteiger partial charge is 0.481 e. The third-order valence-electron chi connectivity index (χ3n) is 3.45. The fourth-order valence-corrected chi connectivity index (χ4v) is 2.49. The molecule has 2 unspecified atom stereocenters. The molecule has 1 aromatic carbocycles. The standard InChI is InChI=1S/C11H7F2NO3/c12-6-1-4-8(2-7(6)13)14-10(17)11(4)3-5(11)9(15)16/h1-2,5H,3H2,(H,14,17)(H,15,16). The number of nitrogens with one attached hydrogen (secondary N) is 1. The Hall–Kier alpha value is -1.98. The Kier molecular flexibility index (Phi) is 1.69. The highest BCUT2D eigenvalue weighted by molar-refractivity contribution is 6.12. The van der Waals surface area contributed by atoms with Crippen LogP contribution in [0.2, 0.25) is 0 Å². The van der Waals surface area contributed by atoms with E-state index in [-0.39, 0.29) is 17.7 Å².